The van der Waals surface area contributed by atoms with Crippen molar-refractivity contribution >= 4 is 15.7 Å². The van der Waals surface area contributed by atoms with Crippen LogP contribution in [0.4, 0.5) is 5.69 Å². The van der Waals surface area contributed by atoms with Gasteiger partial charge in [0.25, 0.3) is 5.69 Å². The molecular formula is C16H24N4O6S. The Balaban J connectivity index is 2.60. The number of hydrogen-bond acceptors (Lipinski definition) is 7. The molecule has 0 spiro atoms. The van der Waals surface area contributed by atoms with Gasteiger partial charge in [-0.2, -0.15) is 0 Å². The van der Waals surface area contributed by atoms with Gasteiger partial charge in [-0.05, 0) is 44.5 Å². The first-order valence-electron chi connectivity index (χ1n) is 8.66. The molecule has 1 aliphatic heterocycles. The van der Waals surface area contributed by atoms with Crippen LogP contribution in [0.3, 0.4) is 0 Å². The van der Waals surface area contributed by atoms with E-state index < -0.39 is 31.1 Å². The first kappa shape index (κ1) is 21.2. The highest BCUT2D eigenvalue weighted by Gasteiger charge is 2.42. The van der Waals surface area contributed by atoms with Crippen LogP contribution < -0.4 is 5.14 Å². The lowest BCUT2D eigenvalue weighted by Gasteiger charge is -2.26. The van der Waals surface area contributed by atoms with Crippen molar-refractivity contribution in [3.8, 4) is 0 Å². The topological polar surface area (TPSA) is 150 Å². The van der Waals surface area contributed by atoms with Crippen LogP contribution in [0.2, 0.25) is 0 Å². The standard InChI is InChI=1S/C16H24N4O6S/c1-16(2,20(23)24)13-6-7-14(27(17,25)26)12(15(13)19(21)22)8-11-18-9-4-3-5-10-18/h6-7H,3-5,8-11H2,1-2H3,(H2,17,25,26). The van der Waals surface area contributed by atoms with E-state index in [2.05, 4.69) is 4.90 Å². The van der Waals surface area contributed by atoms with E-state index in [1.165, 1.54) is 13.8 Å². The van der Waals surface area contributed by atoms with Crippen LogP contribution >= 0.6 is 0 Å². The van der Waals surface area contributed by atoms with Gasteiger partial charge < -0.3 is 4.90 Å². The molecule has 1 aliphatic rings. The van der Waals surface area contributed by atoms with Crippen molar-refractivity contribution in [2.24, 2.45) is 5.14 Å². The van der Waals surface area contributed by atoms with Crippen molar-refractivity contribution in [1.29, 1.82) is 0 Å². The highest BCUT2D eigenvalue weighted by atomic mass is 32.2. The summed E-state index contributed by atoms with van der Waals surface area (Å²) in [5.41, 5.74) is -2.50. The molecule has 1 aromatic rings. The van der Waals surface area contributed by atoms with Crippen molar-refractivity contribution < 1.29 is 18.3 Å². The summed E-state index contributed by atoms with van der Waals surface area (Å²) in [5.74, 6) is 0. The molecule has 2 N–H and O–H groups in total. The van der Waals surface area contributed by atoms with Gasteiger partial charge in [0.1, 0.15) is 5.56 Å². The largest absolute Gasteiger partial charge is 0.303 e. The number of benzene rings is 1. The lowest BCUT2D eigenvalue weighted by atomic mass is 9.90. The molecule has 27 heavy (non-hydrogen) atoms. The fourth-order valence-electron chi connectivity index (χ4n) is 3.38. The van der Waals surface area contributed by atoms with Crippen LogP contribution in [0.1, 0.15) is 44.2 Å². The number of nitro benzene ring substituents is 1. The Labute approximate surface area is 157 Å². The number of likely N-dealkylation sites (tertiary alicyclic amines) is 1. The van der Waals surface area contributed by atoms with Crippen LogP contribution in [0.15, 0.2) is 17.0 Å². The number of nitrogens with two attached hydrogens (primary N) is 1. The second-order valence-electron chi connectivity index (χ2n) is 7.21. The summed E-state index contributed by atoms with van der Waals surface area (Å²) in [7, 11) is -4.22. The zero-order chi connectivity index (χ0) is 20.4. The third-order valence-corrected chi connectivity index (χ3v) is 5.97. The second-order valence-corrected chi connectivity index (χ2v) is 8.74. The molecule has 0 radical (unpaired) electrons. The van der Waals surface area contributed by atoms with Gasteiger partial charge in [0, 0.05) is 25.3 Å². The summed E-state index contributed by atoms with van der Waals surface area (Å²) in [4.78, 5) is 23.6. The quantitative estimate of drug-likeness (QED) is 0.541. The summed E-state index contributed by atoms with van der Waals surface area (Å²) in [6.07, 6.45) is 3.21. The van der Waals surface area contributed by atoms with Gasteiger partial charge in [-0.3, -0.25) is 20.2 Å². The monoisotopic (exact) mass is 400 g/mol. The molecule has 0 aromatic heterocycles. The Hall–Kier alpha value is -2.11. The molecule has 2 rings (SSSR count). The second kappa shape index (κ2) is 7.87. The molecule has 1 fully saturated rings. The number of sulfonamides is 1. The first-order chi connectivity index (χ1) is 12.5. The van der Waals surface area contributed by atoms with Gasteiger partial charge in [0.05, 0.1) is 15.4 Å². The van der Waals surface area contributed by atoms with Crippen molar-refractivity contribution in [2.45, 2.75) is 50.0 Å². The van der Waals surface area contributed by atoms with Gasteiger partial charge in [0.2, 0.25) is 15.6 Å². The van der Waals surface area contributed by atoms with E-state index in [1.54, 1.807) is 0 Å². The molecule has 10 nitrogen and oxygen atoms in total. The maximum atomic E-state index is 12.0. The minimum atomic E-state index is -4.22. The molecule has 0 unspecified atom stereocenters. The van der Waals surface area contributed by atoms with Gasteiger partial charge in [0.15, 0.2) is 0 Å². The molecule has 1 heterocycles. The Morgan fingerprint density at radius 3 is 2.22 bits per heavy atom. The van der Waals surface area contributed by atoms with Crippen LogP contribution in [-0.2, 0) is 22.0 Å². The number of piperidine rings is 1. The predicted octanol–water partition coefficient (Wildman–Crippen LogP) is 1.78. The molecule has 150 valence electrons. The van der Waals surface area contributed by atoms with Crippen molar-refractivity contribution in [3.63, 3.8) is 0 Å². The minimum absolute atomic E-state index is 0.0690. The third kappa shape index (κ3) is 4.60. The molecule has 1 saturated heterocycles. The van der Waals surface area contributed by atoms with E-state index >= 15 is 0 Å². The van der Waals surface area contributed by atoms with E-state index in [1.807, 2.05) is 0 Å². The summed E-state index contributed by atoms with van der Waals surface area (Å²) in [6.45, 7) is 4.59. The Morgan fingerprint density at radius 2 is 1.74 bits per heavy atom. The minimum Gasteiger partial charge on any atom is -0.303 e. The fraction of sp³-hybridized carbons (Fsp3) is 0.625. The highest BCUT2D eigenvalue weighted by molar-refractivity contribution is 7.89. The van der Waals surface area contributed by atoms with Crippen molar-refractivity contribution in [1.82, 2.24) is 4.90 Å². The molecule has 0 atom stereocenters. The SMILES string of the molecule is CC(C)(c1ccc(S(N)(=O)=O)c(CCN2CCCCC2)c1[N+](=O)[O-])[N+](=O)[O-]. The average Bonchev–Trinajstić information content (AvgIpc) is 2.58. The van der Waals surface area contributed by atoms with E-state index in [-0.39, 0.29) is 22.4 Å². The van der Waals surface area contributed by atoms with E-state index in [0.29, 0.717) is 6.54 Å². The van der Waals surface area contributed by atoms with Gasteiger partial charge in [-0.15, -0.1) is 0 Å². The van der Waals surface area contributed by atoms with Crippen molar-refractivity contribution in [3.05, 3.63) is 43.5 Å². The average molecular weight is 400 g/mol. The van der Waals surface area contributed by atoms with E-state index in [4.69, 9.17) is 5.14 Å². The summed E-state index contributed by atoms with van der Waals surface area (Å²) in [5, 5.41) is 28.5. The lowest BCUT2D eigenvalue weighted by Crippen LogP contribution is -2.33. The van der Waals surface area contributed by atoms with Crippen LogP contribution in [-0.4, -0.2) is 42.8 Å². The van der Waals surface area contributed by atoms with Crippen LogP contribution in [0.25, 0.3) is 0 Å². The van der Waals surface area contributed by atoms with Gasteiger partial charge in [-0.1, -0.05) is 6.42 Å². The van der Waals surface area contributed by atoms with E-state index in [0.717, 1.165) is 44.5 Å². The summed E-state index contributed by atoms with van der Waals surface area (Å²) >= 11 is 0. The third-order valence-electron chi connectivity index (χ3n) is 4.97. The zero-order valence-corrected chi connectivity index (χ0v) is 16.2. The molecule has 0 saturated carbocycles. The lowest BCUT2D eigenvalue weighted by molar-refractivity contribution is -0.570. The van der Waals surface area contributed by atoms with Gasteiger partial charge >= 0.3 is 0 Å². The highest BCUT2D eigenvalue weighted by Crippen LogP contribution is 2.37. The van der Waals surface area contributed by atoms with Crippen molar-refractivity contribution in [2.75, 3.05) is 19.6 Å². The van der Waals surface area contributed by atoms with Gasteiger partial charge in [-0.25, -0.2) is 13.6 Å². The molecular weight excluding hydrogens is 376 g/mol. The smallest absolute Gasteiger partial charge is 0.284 e. The number of rotatable bonds is 7. The fourth-order valence-corrected chi connectivity index (χ4v) is 4.18. The number of primary sulfonamides is 1. The number of nitro groups is 2. The molecule has 0 bridgehead atoms. The summed E-state index contributed by atoms with van der Waals surface area (Å²) < 4.78 is 24.0. The maximum absolute atomic E-state index is 12.0. The molecule has 0 aliphatic carbocycles. The Bertz CT molecular complexity index is 847. The zero-order valence-electron chi connectivity index (χ0n) is 15.4. The number of nitrogens with zero attached hydrogens (tertiary/aromatic N) is 3. The maximum Gasteiger partial charge on any atom is 0.284 e. The molecule has 11 heteroatoms. The van der Waals surface area contributed by atoms with Crippen LogP contribution in [0, 0.1) is 20.2 Å². The molecule has 0 amide bonds. The summed E-state index contributed by atoms with van der Waals surface area (Å²) in [6, 6.07) is 2.25. The number of hydrogen-bond donors (Lipinski definition) is 1. The Morgan fingerprint density at radius 1 is 1.15 bits per heavy atom. The Kier molecular flexibility index (Phi) is 6.17. The molecule has 1 aromatic carbocycles. The van der Waals surface area contributed by atoms with E-state index in [9.17, 15) is 28.6 Å². The predicted molar refractivity (Wildman–Crippen MR) is 98.5 cm³/mol. The van der Waals surface area contributed by atoms with Crippen LogP contribution in [0.5, 0.6) is 0 Å². The normalized spacial score (nSPS) is 16.3. The first-order valence-corrected chi connectivity index (χ1v) is 10.2.